The summed E-state index contributed by atoms with van der Waals surface area (Å²) < 4.78 is 44.3. The fourth-order valence-corrected chi connectivity index (χ4v) is 4.21. The Morgan fingerprint density at radius 1 is 1.11 bits per heavy atom. The first-order valence-electron chi connectivity index (χ1n) is 11.1. The van der Waals surface area contributed by atoms with Crippen LogP contribution in [-0.2, 0) is 10.9 Å². The van der Waals surface area contributed by atoms with Crippen molar-refractivity contribution in [3.8, 4) is 0 Å². The number of nitrogens with two attached hydrogens (primary N) is 1. The van der Waals surface area contributed by atoms with Crippen LogP contribution in [0.1, 0.15) is 16.1 Å². The number of ether oxygens (including phenoxy) is 1. The van der Waals surface area contributed by atoms with Gasteiger partial charge in [-0.2, -0.15) is 13.2 Å². The second-order valence-corrected chi connectivity index (χ2v) is 8.59. The number of benzene rings is 1. The molecule has 1 aromatic heterocycles. The van der Waals surface area contributed by atoms with E-state index in [1.807, 2.05) is 12.1 Å². The molecule has 1 amide bonds. The molecule has 0 radical (unpaired) electrons. The van der Waals surface area contributed by atoms with Gasteiger partial charge in [0.15, 0.2) is 5.69 Å². The highest BCUT2D eigenvalue weighted by atomic mass is 19.4. The molecule has 2 aliphatic heterocycles. The van der Waals surface area contributed by atoms with Gasteiger partial charge in [0.05, 0.1) is 31.1 Å². The van der Waals surface area contributed by atoms with Crippen molar-refractivity contribution in [3.63, 3.8) is 0 Å². The zero-order valence-corrected chi connectivity index (χ0v) is 18.7. The van der Waals surface area contributed by atoms with Crippen molar-refractivity contribution in [2.45, 2.75) is 30.5 Å². The third-order valence-electron chi connectivity index (χ3n) is 6.22. The molecule has 4 rings (SSSR count). The lowest BCUT2D eigenvalue weighted by Crippen LogP contribution is -2.59. The third kappa shape index (κ3) is 5.99. The summed E-state index contributed by atoms with van der Waals surface area (Å²) in [6, 6.07) is 6.23. The Morgan fingerprint density at radius 2 is 1.80 bits per heavy atom. The highest BCUT2D eigenvalue weighted by Gasteiger charge is 2.40. The highest BCUT2D eigenvalue weighted by Crippen LogP contribution is 2.28. The van der Waals surface area contributed by atoms with Crippen LogP contribution in [0.15, 0.2) is 36.7 Å². The molecule has 0 unspecified atom stereocenters. The minimum absolute atomic E-state index is 0.0208. The average molecular weight is 496 g/mol. The number of nitrogens with zero attached hydrogens (tertiary/aromatic N) is 4. The normalized spacial score (nSPS) is 25.9. The summed E-state index contributed by atoms with van der Waals surface area (Å²) in [5.74, 6) is -0.645. The molecule has 2 aromatic rings. The third-order valence-corrected chi connectivity index (χ3v) is 6.22. The smallest absolute Gasteiger partial charge is 0.388 e. The monoisotopic (exact) mass is 496 g/mol. The van der Waals surface area contributed by atoms with E-state index >= 15 is 0 Å². The zero-order chi connectivity index (χ0) is 25.2. The van der Waals surface area contributed by atoms with Crippen molar-refractivity contribution < 1.29 is 32.9 Å². The number of nitrogens with one attached hydrogen (secondary N) is 1. The van der Waals surface area contributed by atoms with Crippen LogP contribution in [0.4, 0.5) is 24.7 Å². The zero-order valence-electron chi connectivity index (χ0n) is 18.7. The van der Waals surface area contributed by atoms with Crippen molar-refractivity contribution in [3.05, 3.63) is 47.9 Å². The Kier molecular flexibility index (Phi) is 7.40. The lowest BCUT2D eigenvalue weighted by atomic mass is 9.97. The largest absolute Gasteiger partial charge is 0.434 e. The summed E-state index contributed by atoms with van der Waals surface area (Å²) in [7, 11) is 0. The molecular formula is C22H27F3N6O4. The standard InChI is InChI=1S/C22H27F3N6O4/c23-22(24,25)17-9-27-10-18(29-17)28-15-12-35-16(20(33)19(15)32)11-30-5-7-31(8-6-30)14-3-1-13(2-4-14)21(26)34/h1-4,9-10,15-16,19-20,32-33H,5-8,11-12H2,(H2,26,34)(H,28,29)/t15-,16+,19+,20-/m0/s1. The summed E-state index contributed by atoms with van der Waals surface area (Å²) in [5, 5.41) is 23.8. The number of hydrogen-bond acceptors (Lipinski definition) is 9. The first-order valence-corrected chi connectivity index (χ1v) is 11.1. The second-order valence-electron chi connectivity index (χ2n) is 8.59. The molecule has 2 aliphatic rings. The topological polar surface area (TPSA) is 137 Å². The molecule has 0 spiro atoms. The maximum atomic E-state index is 12.9. The van der Waals surface area contributed by atoms with Crippen LogP contribution in [0.3, 0.4) is 0 Å². The molecule has 1 aromatic carbocycles. The summed E-state index contributed by atoms with van der Waals surface area (Å²) in [4.78, 5) is 22.5. The molecule has 0 saturated carbocycles. The minimum Gasteiger partial charge on any atom is -0.388 e. The summed E-state index contributed by atoms with van der Waals surface area (Å²) >= 11 is 0. The molecule has 2 saturated heterocycles. The number of rotatable bonds is 6. The number of alkyl halides is 3. The second kappa shape index (κ2) is 10.3. The van der Waals surface area contributed by atoms with E-state index in [0.29, 0.717) is 31.4 Å². The minimum atomic E-state index is -4.64. The number of aliphatic hydroxyl groups is 2. The van der Waals surface area contributed by atoms with Gasteiger partial charge in [-0.15, -0.1) is 0 Å². The molecule has 13 heteroatoms. The number of hydrogen-bond donors (Lipinski definition) is 4. The number of anilines is 2. The number of piperazine rings is 1. The number of amides is 1. The van der Waals surface area contributed by atoms with Gasteiger partial charge in [-0.1, -0.05) is 0 Å². The van der Waals surface area contributed by atoms with Gasteiger partial charge in [0, 0.05) is 44.0 Å². The predicted molar refractivity (Wildman–Crippen MR) is 120 cm³/mol. The van der Waals surface area contributed by atoms with Crippen LogP contribution >= 0.6 is 0 Å². The fourth-order valence-electron chi connectivity index (χ4n) is 4.21. The Hall–Kier alpha value is -3.00. The molecule has 0 bridgehead atoms. The summed E-state index contributed by atoms with van der Waals surface area (Å²) in [5.41, 5.74) is 5.55. The Morgan fingerprint density at radius 3 is 2.43 bits per heavy atom. The molecular weight excluding hydrogens is 469 g/mol. The summed E-state index contributed by atoms with van der Waals surface area (Å²) in [6.07, 6.45) is -6.08. The van der Waals surface area contributed by atoms with E-state index in [4.69, 9.17) is 10.5 Å². The van der Waals surface area contributed by atoms with Crippen LogP contribution in [0.5, 0.6) is 0 Å². The lowest BCUT2D eigenvalue weighted by Gasteiger charge is -2.42. The molecule has 190 valence electrons. The lowest BCUT2D eigenvalue weighted by molar-refractivity contribution is -0.147. The van der Waals surface area contributed by atoms with Gasteiger partial charge in [0.25, 0.3) is 0 Å². The van der Waals surface area contributed by atoms with Crippen molar-refractivity contribution in [1.29, 1.82) is 0 Å². The van der Waals surface area contributed by atoms with Gasteiger partial charge in [0.1, 0.15) is 18.0 Å². The van der Waals surface area contributed by atoms with Crippen molar-refractivity contribution in [1.82, 2.24) is 14.9 Å². The Bertz CT molecular complexity index is 1020. The van der Waals surface area contributed by atoms with Crippen LogP contribution in [0.2, 0.25) is 0 Å². The van der Waals surface area contributed by atoms with Gasteiger partial charge in [-0.25, -0.2) is 4.98 Å². The molecule has 2 fully saturated rings. The van der Waals surface area contributed by atoms with E-state index in [2.05, 4.69) is 25.1 Å². The van der Waals surface area contributed by atoms with Gasteiger partial charge >= 0.3 is 6.18 Å². The fraction of sp³-hybridized carbons (Fsp3) is 0.500. The van der Waals surface area contributed by atoms with E-state index in [0.717, 1.165) is 25.0 Å². The maximum absolute atomic E-state index is 12.9. The molecule has 3 heterocycles. The van der Waals surface area contributed by atoms with Crippen LogP contribution in [0.25, 0.3) is 0 Å². The predicted octanol–water partition coefficient (Wildman–Crippen LogP) is 0.318. The number of halogens is 3. The first-order chi connectivity index (χ1) is 16.6. The summed E-state index contributed by atoms with van der Waals surface area (Å²) in [6.45, 7) is 3.21. The van der Waals surface area contributed by atoms with Crippen LogP contribution < -0.4 is 16.0 Å². The number of primary amides is 1. The molecule has 35 heavy (non-hydrogen) atoms. The van der Waals surface area contributed by atoms with E-state index < -0.39 is 42.1 Å². The average Bonchev–Trinajstić information content (AvgIpc) is 2.84. The number of aromatic nitrogens is 2. The molecule has 10 nitrogen and oxygen atoms in total. The van der Waals surface area contributed by atoms with Gasteiger partial charge in [0.2, 0.25) is 5.91 Å². The van der Waals surface area contributed by atoms with E-state index in [1.165, 1.54) is 0 Å². The molecule has 5 N–H and O–H groups in total. The van der Waals surface area contributed by atoms with E-state index in [9.17, 15) is 28.2 Å². The van der Waals surface area contributed by atoms with Crippen molar-refractivity contribution >= 4 is 17.4 Å². The van der Waals surface area contributed by atoms with Crippen molar-refractivity contribution in [2.24, 2.45) is 5.73 Å². The van der Waals surface area contributed by atoms with Crippen LogP contribution in [-0.4, -0.2) is 94.7 Å². The maximum Gasteiger partial charge on any atom is 0.434 e. The first kappa shape index (κ1) is 25.1. The van der Waals surface area contributed by atoms with Gasteiger partial charge in [-0.3, -0.25) is 14.7 Å². The number of carbonyl (C=O) groups excluding carboxylic acids is 1. The SMILES string of the molecule is NC(=O)c1ccc(N2CCN(C[C@H]3OC[C@H](Nc4cncc(C(F)(F)F)n4)[C@@H](O)[C@H]3O)CC2)cc1. The molecule has 0 aliphatic carbocycles. The Labute approximate surface area is 199 Å². The van der Waals surface area contributed by atoms with E-state index in [-0.39, 0.29) is 12.4 Å². The molecule has 4 atom stereocenters. The number of aliphatic hydroxyl groups excluding tert-OH is 2. The van der Waals surface area contributed by atoms with Crippen molar-refractivity contribution in [2.75, 3.05) is 49.5 Å². The quantitative estimate of drug-likeness (QED) is 0.446. The Balaban J connectivity index is 1.28. The number of carbonyl (C=O) groups is 1. The van der Waals surface area contributed by atoms with Gasteiger partial charge < -0.3 is 30.9 Å². The van der Waals surface area contributed by atoms with E-state index in [1.54, 1.807) is 12.1 Å². The highest BCUT2D eigenvalue weighted by molar-refractivity contribution is 5.93. The van der Waals surface area contributed by atoms with Crippen LogP contribution in [0, 0.1) is 0 Å². The van der Waals surface area contributed by atoms with Gasteiger partial charge in [-0.05, 0) is 24.3 Å².